The van der Waals surface area contributed by atoms with Gasteiger partial charge in [0.2, 0.25) is 0 Å². The zero-order chi connectivity index (χ0) is 24.4. The number of nitrogens with zero attached hydrogens (tertiary/aromatic N) is 1. The van der Waals surface area contributed by atoms with Gasteiger partial charge < -0.3 is 9.73 Å². The summed E-state index contributed by atoms with van der Waals surface area (Å²) in [5.41, 5.74) is 2.88. The standard InChI is InChI=1S/C25H19N3O5S/c1-14-7-9-16(19-11-17-5-3-4-6-22(17)33-24(19)30)12-20(14)26-25(34)27-23(29)18-10-8-15(2)21(13-18)28(31)32/h3-13H,1-2H3,(H2,26,27,29,34). The molecule has 170 valence electrons. The first-order valence-electron chi connectivity index (χ1n) is 10.2. The van der Waals surface area contributed by atoms with Crippen LogP contribution in [0.2, 0.25) is 0 Å². The number of benzene rings is 3. The molecule has 1 amide bonds. The molecule has 4 rings (SSSR count). The summed E-state index contributed by atoms with van der Waals surface area (Å²) in [5, 5.41) is 17.4. The van der Waals surface area contributed by atoms with Crippen LogP contribution in [0.4, 0.5) is 11.4 Å². The van der Waals surface area contributed by atoms with Gasteiger partial charge >= 0.3 is 5.63 Å². The van der Waals surface area contributed by atoms with Crippen molar-refractivity contribution in [3.8, 4) is 11.1 Å². The number of hydrogen-bond acceptors (Lipinski definition) is 6. The largest absolute Gasteiger partial charge is 0.422 e. The Kier molecular flexibility index (Phi) is 6.20. The first-order valence-corrected chi connectivity index (χ1v) is 10.6. The van der Waals surface area contributed by atoms with Gasteiger partial charge in [0.15, 0.2) is 5.11 Å². The molecule has 9 heteroatoms. The fourth-order valence-electron chi connectivity index (χ4n) is 3.46. The van der Waals surface area contributed by atoms with Crippen molar-refractivity contribution in [2.75, 3.05) is 5.32 Å². The Balaban J connectivity index is 1.56. The zero-order valence-corrected chi connectivity index (χ0v) is 19.1. The van der Waals surface area contributed by atoms with Crippen molar-refractivity contribution in [2.45, 2.75) is 13.8 Å². The molecule has 3 aromatic carbocycles. The second kappa shape index (κ2) is 9.24. The monoisotopic (exact) mass is 473 g/mol. The highest BCUT2D eigenvalue weighted by molar-refractivity contribution is 7.80. The minimum absolute atomic E-state index is 0.0130. The Bertz CT molecular complexity index is 1530. The summed E-state index contributed by atoms with van der Waals surface area (Å²) < 4.78 is 5.43. The van der Waals surface area contributed by atoms with Crippen LogP contribution in [-0.4, -0.2) is 15.9 Å². The fourth-order valence-corrected chi connectivity index (χ4v) is 3.67. The lowest BCUT2D eigenvalue weighted by Crippen LogP contribution is -2.34. The molecule has 1 heterocycles. The van der Waals surface area contributed by atoms with Crippen molar-refractivity contribution in [2.24, 2.45) is 0 Å². The smallest absolute Gasteiger partial charge is 0.344 e. The lowest BCUT2D eigenvalue weighted by atomic mass is 10.0. The highest BCUT2D eigenvalue weighted by Crippen LogP contribution is 2.26. The van der Waals surface area contributed by atoms with Gasteiger partial charge in [-0.3, -0.25) is 20.2 Å². The van der Waals surface area contributed by atoms with E-state index in [1.807, 2.05) is 25.1 Å². The van der Waals surface area contributed by atoms with Crippen molar-refractivity contribution in [1.82, 2.24) is 5.32 Å². The molecule has 0 bridgehead atoms. The fraction of sp³-hybridized carbons (Fsp3) is 0.0800. The van der Waals surface area contributed by atoms with E-state index in [9.17, 15) is 19.7 Å². The number of nitro benzene ring substituents is 1. The number of aryl methyl sites for hydroxylation is 2. The molecule has 0 spiro atoms. The van der Waals surface area contributed by atoms with Crippen molar-refractivity contribution in [1.29, 1.82) is 0 Å². The third-order valence-corrected chi connectivity index (χ3v) is 5.54. The zero-order valence-electron chi connectivity index (χ0n) is 18.2. The van der Waals surface area contributed by atoms with E-state index in [1.54, 1.807) is 37.3 Å². The molecular weight excluding hydrogens is 454 g/mol. The van der Waals surface area contributed by atoms with Crippen LogP contribution in [0.1, 0.15) is 21.5 Å². The summed E-state index contributed by atoms with van der Waals surface area (Å²) in [7, 11) is 0. The number of hydrogen-bond donors (Lipinski definition) is 2. The Hall–Kier alpha value is -4.37. The molecule has 34 heavy (non-hydrogen) atoms. The summed E-state index contributed by atoms with van der Waals surface area (Å²) in [4.78, 5) is 35.7. The number of carbonyl (C=O) groups is 1. The van der Waals surface area contributed by atoms with Gasteiger partial charge in [-0.25, -0.2) is 4.79 Å². The van der Waals surface area contributed by atoms with Crippen molar-refractivity contribution in [3.63, 3.8) is 0 Å². The van der Waals surface area contributed by atoms with E-state index in [1.165, 1.54) is 18.2 Å². The maximum Gasteiger partial charge on any atom is 0.344 e. The lowest BCUT2D eigenvalue weighted by molar-refractivity contribution is -0.385. The number of nitro groups is 1. The van der Waals surface area contributed by atoms with Gasteiger partial charge in [0.05, 0.1) is 10.5 Å². The number of rotatable bonds is 4. The van der Waals surface area contributed by atoms with Crippen LogP contribution >= 0.6 is 12.2 Å². The molecule has 0 fully saturated rings. The Morgan fingerprint density at radius 2 is 1.74 bits per heavy atom. The SMILES string of the molecule is Cc1ccc(-c2cc3ccccc3oc2=O)cc1NC(=S)NC(=O)c1ccc(C)c([N+](=O)[O-])c1. The van der Waals surface area contributed by atoms with Crippen LogP contribution in [0.3, 0.4) is 0 Å². The second-order valence-corrected chi connectivity index (χ2v) is 8.09. The molecule has 0 aliphatic rings. The van der Waals surface area contributed by atoms with Crippen LogP contribution in [0, 0.1) is 24.0 Å². The molecule has 0 atom stereocenters. The Morgan fingerprint density at radius 1 is 1.00 bits per heavy atom. The van der Waals surface area contributed by atoms with Crippen molar-refractivity contribution < 1.29 is 14.1 Å². The van der Waals surface area contributed by atoms with E-state index in [4.69, 9.17) is 16.6 Å². The van der Waals surface area contributed by atoms with Crippen LogP contribution in [0.25, 0.3) is 22.1 Å². The highest BCUT2D eigenvalue weighted by atomic mass is 32.1. The van der Waals surface area contributed by atoms with Crippen LogP contribution in [0.5, 0.6) is 0 Å². The van der Waals surface area contributed by atoms with Gasteiger partial charge in [-0.1, -0.05) is 36.4 Å². The second-order valence-electron chi connectivity index (χ2n) is 7.68. The number of carbonyl (C=O) groups excluding carboxylic acids is 1. The predicted octanol–water partition coefficient (Wildman–Crippen LogP) is 5.11. The van der Waals surface area contributed by atoms with E-state index in [-0.39, 0.29) is 16.4 Å². The van der Waals surface area contributed by atoms with Gasteiger partial charge in [-0.15, -0.1) is 0 Å². The maximum atomic E-state index is 12.6. The number of amides is 1. The van der Waals surface area contributed by atoms with E-state index >= 15 is 0 Å². The lowest BCUT2D eigenvalue weighted by Gasteiger charge is -2.13. The molecule has 0 aliphatic heterocycles. The van der Waals surface area contributed by atoms with Gasteiger partial charge in [-0.05, 0) is 61.5 Å². The summed E-state index contributed by atoms with van der Waals surface area (Å²) in [5.74, 6) is -0.579. The maximum absolute atomic E-state index is 12.6. The normalized spacial score (nSPS) is 10.6. The molecule has 2 N–H and O–H groups in total. The minimum atomic E-state index is -0.579. The average Bonchev–Trinajstić information content (AvgIpc) is 2.80. The topological polar surface area (TPSA) is 114 Å². The summed E-state index contributed by atoms with van der Waals surface area (Å²) >= 11 is 5.27. The molecule has 0 radical (unpaired) electrons. The predicted molar refractivity (Wildman–Crippen MR) is 134 cm³/mol. The number of fused-ring (bicyclic) bond motifs is 1. The number of nitrogens with one attached hydrogen (secondary N) is 2. The molecule has 0 aliphatic carbocycles. The van der Waals surface area contributed by atoms with Crippen LogP contribution in [-0.2, 0) is 0 Å². The average molecular weight is 474 g/mol. The third kappa shape index (κ3) is 4.69. The molecule has 1 aromatic heterocycles. The van der Waals surface area contributed by atoms with Crippen molar-refractivity contribution in [3.05, 3.63) is 104 Å². The van der Waals surface area contributed by atoms with Crippen LogP contribution < -0.4 is 16.3 Å². The first kappa shape index (κ1) is 22.8. The number of thiocarbonyl (C=S) groups is 1. The molecule has 0 unspecified atom stereocenters. The molecule has 0 saturated heterocycles. The number of para-hydroxylation sites is 1. The molecular formula is C25H19N3O5S. The highest BCUT2D eigenvalue weighted by Gasteiger charge is 2.16. The Labute approximate surface area is 199 Å². The van der Waals surface area contributed by atoms with Gasteiger partial charge in [0.1, 0.15) is 5.58 Å². The molecule has 4 aromatic rings. The van der Waals surface area contributed by atoms with Crippen LogP contribution in [0.15, 0.2) is 75.9 Å². The number of anilines is 1. The van der Waals surface area contributed by atoms with Crippen molar-refractivity contribution >= 4 is 45.6 Å². The first-order chi connectivity index (χ1) is 16.2. The summed E-state index contributed by atoms with van der Waals surface area (Å²) in [6, 6.07) is 18.6. The van der Waals surface area contributed by atoms with E-state index in [0.717, 1.165) is 10.9 Å². The van der Waals surface area contributed by atoms with E-state index in [0.29, 0.717) is 28.0 Å². The van der Waals surface area contributed by atoms with Gasteiger partial charge in [0, 0.05) is 28.3 Å². The van der Waals surface area contributed by atoms with E-state index in [2.05, 4.69) is 10.6 Å². The van der Waals surface area contributed by atoms with Gasteiger partial charge in [0.25, 0.3) is 11.6 Å². The quantitative estimate of drug-likeness (QED) is 0.183. The Morgan fingerprint density at radius 3 is 2.50 bits per heavy atom. The van der Waals surface area contributed by atoms with Gasteiger partial charge in [-0.2, -0.15) is 0 Å². The minimum Gasteiger partial charge on any atom is -0.422 e. The third-order valence-electron chi connectivity index (χ3n) is 5.33. The summed E-state index contributed by atoms with van der Waals surface area (Å²) in [6.45, 7) is 3.45. The summed E-state index contributed by atoms with van der Waals surface area (Å²) in [6.07, 6.45) is 0. The van der Waals surface area contributed by atoms with E-state index < -0.39 is 16.5 Å². The molecule has 0 saturated carbocycles. The molecule has 8 nitrogen and oxygen atoms in total.